The molecule has 2 saturated carbocycles. The number of carbonyl (C=O) groups is 1. The normalized spacial score (nSPS) is 32.7. The molecule has 1 saturated heterocycles. The average Bonchev–Trinajstić information content (AvgIpc) is 3.10. The zero-order chi connectivity index (χ0) is 18.1. The fraction of sp³-hybridized carbons (Fsp3) is 0.714. The number of aromatic nitrogens is 1. The summed E-state index contributed by atoms with van der Waals surface area (Å²) in [4.78, 5) is 18.6. The smallest absolute Gasteiger partial charge is 0.195 e. The first-order chi connectivity index (χ1) is 12.5. The van der Waals surface area contributed by atoms with Crippen LogP contribution in [0.1, 0.15) is 61.9 Å². The van der Waals surface area contributed by atoms with Crippen molar-refractivity contribution in [3.63, 3.8) is 0 Å². The Balaban J connectivity index is 1.29. The van der Waals surface area contributed by atoms with Crippen molar-refractivity contribution in [2.24, 2.45) is 17.8 Å². The van der Waals surface area contributed by atoms with Gasteiger partial charge in [0.15, 0.2) is 5.78 Å². The molecule has 1 aliphatic heterocycles. The van der Waals surface area contributed by atoms with E-state index >= 15 is 0 Å². The number of ketones is 1. The zero-order valence-corrected chi connectivity index (χ0v) is 15.4. The molecule has 2 N–H and O–H groups in total. The summed E-state index contributed by atoms with van der Waals surface area (Å²) >= 11 is 0. The largest absolute Gasteiger partial charge is 0.506 e. The minimum absolute atomic E-state index is 0.00226. The Morgan fingerprint density at radius 2 is 1.85 bits per heavy atom. The van der Waals surface area contributed by atoms with E-state index in [0.29, 0.717) is 30.0 Å². The predicted octanol–water partition coefficient (Wildman–Crippen LogP) is 3.01. The maximum absolute atomic E-state index is 12.4. The van der Waals surface area contributed by atoms with E-state index in [1.54, 1.807) is 6.07 Å². The zero-order valence-electron chi connectivity index (χ0n) is 15.4. The number of nitrogens with zero attached hydrogens (tertiary/aromatic N) is 2. The van der Waals surface area contributed by atoms with E-state index in [-0.39, 0.29) is 11.5 Å². The quantitative estimate of drug-likeness (QED) is 0.792. The molecule has 5 nitrogen and oxygen atoms in total. The molecule has 1 aromatic heterocycles. The summed E-state index contributed by atoms with van der Waals surface area (Å²) in [5, 5.41) is 20.4. The summed E-state index contributed by atoms with van der Waals surface area (Å²) in [5.74, 6) is 1.83. The van der Waals surface area contributed by atoms with Crippen molar-refractivity contribution in [3.05, 3.63) is 24.0 Å². The van der Waals surface area contributed by atoms with Crippen molar-refractivity contribution in [3.8, 4) is 5.75 Å². The summed E-state index contributed by atoms with van der Waals surface area (Å²) in [6, 6.07) is 3.09. The van der Waals surface area contributed by atoms with Gasteiger partial charge in [0.2, 0.25) is 0 Å². The second-order valence-electron chi connectivity index (χ2n) is 8.88. The molecule has 2 heterocycles. The summed E-state index contributed by atoms with van der Waals surface area (Å²) in [6.07, 6.45) is 10.7. The third-order valence-electron chi connectivity index (χ3n) is 6.73. The Morgan fingerprint density at radius 3 is 2.46 bits per heavy atom. The van der Waals surface area contributed by atoms with E-state index in [2.05, 4.69) is 9.88 Å². The maximum atomic E-state index is 12.4. The number of rotatable bonds is 5. The third-order valence-corrected chi connectivity index (χ3v) is 6.73. The highest BCUT2D eigenvalue weighted by molar-refractivity contribution is 5.95. The molecule has 0 radical (unpaired) electrons. The van der Waals surface area contributed by atoms with Crippen molar-refractivity contribution >= 4 is 5.78 Å². The van der Waals surface area contributed by atoms with Gasteiger partial charge in [-0.1, -0.05) is 32.1 Å². The molecule has 142 valence electrons. The number of hydrogen-bond donors (Lipinski definition) is 2. The van der Waals surface area contributed by atoms with Crippen LogP contribution in [-0.4, -0.2) is 51.1 Å². The van der Waals surface area contributed by atoms with Gasteiger partial charge in [-0.15, -0.1) is 0 Å². The van der Waals surface area contributed by atoms with Gasteiger partial charge in [-0.2, -0.15) is 0 Å². The average molecular weight is 358 g/mol. The molecule has 4 rings (SSSR count). The van der Waals surface area contributed by atoms with Crippen LogP contribution in [-0.2, 0) is 0 Å². The van der Waals surface area contributed by atoms with Crippen molar-refractivity contribution < 1.29 is 15.0 Å². The Labute approximate surface area is 155 Å². The number of likely N-dealkylation sites (tertiary alicyclic amines) is 1. The molecule has 5 heteroatoms. The number of pyridine rings is 1. The van der Waals surface area contributed by atoms with E-state index in [9.17, 15) is 15.0 Å². The molecule has 0 bridgehead atoms. The standard InChI is InChI=1S/C21H30N2O3/c24-18-6-7-19(22-11-18)20(25)14-23-12-16-9-21(26,10-17(16)13-23)8-15-4-2-1-3-5-15/h6-7,11,15-17,24,26H,1-5,8-10,12-14H2/t16-,17+,21?. The van der Waals surface area contributed by atoms with Crippen molar-refractivity contribution in [1.29, 1.82) is 0 Å². The van der Waals surface area contributed by atoms with Crippen LogP contribution in [0, 0.1) is 17.8 Å². The molecule has 3 fully saturated rings. The summed E-state index contributed by atoms with van der Waals surface area (Å²) in [6.45, 7) is 2.19. The minimum atomic E-state index is -0.466. The Kier molecular flexibility index (Phi) is 5.02. The Bertz CT molecular complexity index is 625. The number of fused-ring (bicyclic) bond motifs is 1. The first-order valence-corrected chi connectivity index (χ1v) is 10.1. The maximum Gasteiger partial charge on any atom is 0.195 e. The fourth-order valence-corrected chi connectivity index (χ4v) is 5.62. The molecular formula is C21H30N2O3. The number of Topliss-reactive ketones (excluding diaryl/α,β-unsaturated/α-hetero) is 1. The van der Waals surface area contributed by atoms with Gasteiger partial charge in [-0.3, -0.25) is 9.69 Å². The lowest BCUT2D eigenvalue weighted by atomic mass is 9.79. The molecule has 0 spiro atoms. The van der Waals surface area contributed by atoms with Gasteiger partial charge in [-0.05, 0) is 49.1 Å². The van der Waals surface area contributed by atoms with E-state index in [1.165, 1.54) is 44.4 Å². The fourth-order valence-electron chi connectivity index (χ4n) is 5.62. The molecule has 1 aromatic rings. The Hall–Kier alpha value is -1.46. The summed E-state index contributed by atoms with van der Waals surface area (Å²) < 4.78 is 0. The highest BCUT2D eigenvalue weighted by Gasteiger charge is 2.48. The van der Waals surface area contributed by atoms with Crippen LogP contribution in [0.3, 0.4) is 0 Å². The molecule has 2 aliphatic carbocycles. The van der Waals surface area contributed by atoms with Crippen LogP contribution >= 0.6 is 0 Å². The number of aromatic hydroxyl groups is 1. The highest BCUT2D eigenvalue weighted by atomic mass is 16.3. The molecule has 0 aromatic carbocycles. The van der Waals surface area contributed by atoms with Crippen LogP contribution in [0.25, 0.3) is 0 Å². The second-order valence-corrected chi connectivity index (χ2v) is 8.88. The van der Waals surface area contributed by atoms with E-state index in [1.807, 2.05) is 0 Å². The minimum Gasteiger partial charge on any atom is -0.506 e. The van der Waals surface area contributed by atoms with Gasteiger partial charge in [0.05, 0.1) is 18.3 Å². The summed E-state index contributed by atoms with van der Waals surface area (Å²) in [7, 11) is 0. The topological polar surface area (TPSA) is 73.7 Å². The molecule has 26 heavy (non-hydrogen) atoms. The molecule has 3 aliphatic rings. The molecule has 3 atom stereocenters. The van der Waals surface area contributed by atoms with Crippen LogP contribution in [0.4, 0.5) is 0 Å². The number of aliphatic hydroxyl groups is 1. The van der Waals surface area contributed by atoms with Gasteiger partial charge in [-0.25, -0.2) is 4.98 Å². The first kappa shape index (κ1) is 17.9. The van der Waals surface area contributed by atoms with Gasteiger partial charge in [0.1, 0.15) is 11.4 Å². The van der Waals surface area contributed by atoms with E-state index < -0.39 is 5.60 Å². The molecule has 1 unspecified atom stereocenters. The number of carbonyl (C=O) groups excluding carboxylic acids is 1. The predicted molar refractivity (Wildman–Crippen MR) is 99.0 cm³/mol. The van der Waals surface area contributed by atoms with Gasteiger partial charge >= 0.3 is 0 Å². The lowest BCUT2D eigenvalue weighted by Gasteiger charge is -2.32. The summed E-state index contributed by atoms with van der Waals surface area (Å²) in [5.41, 5.74) is -0.0555. The third kappa shape index (κ3) is 3.94. The van der Waals surface area contributed by atoms with Gasteiger partial charge in [0.25, 0.3) is 0 Å². The van der Waals surface area contributed by atoms with Gasteiger partial charge < -0.3 is 10.2 Å². The monoisotopic (exact) mass is 358 g/mol. The lowest BCUT2D eigenvalue weighted by Crippen LogP contribution is -2.34. The van der Waals surface area contributed by atoms with Crippen LogP contribution in [0.15, 0.2) is 18.3 Å². The van der Waals surface area contributed by atoms with Crippen molar-refractivity contribution in [2.75, 3.05) is 19.6 Å². The van der Waals surface area contributed by atoms with E-state index in [4.69, 9.17) is 0 Å². The first-order valence-electron chi connectivity index (χ1n) is 10.1. The van der Waals surface area contributed by atoms with Crippen molar-refractivity contribution in [1.82, 2.24) is 9.88 Å². The van der Waals surface area contributed by atoms with Crippen molar-refractivity contribution in [2.45, 2.75) is 57.0 Å². The van der Waals surface area contributed by atoms with Crippen LogP contribution in [0.5, 0.6) is 5.75 Å². The SMILES string of the molecule is O=C(CN1C[C@@H]2CC(O)(CC3CCCCC3)C[C@@H]2C1)c1ccc(O)cn1. The number of hydrogen-bond acceptors (Lipinski definition) is 5. The van der Waals surface area contributed by atoms with Crippen LogP contribution < -0.4 is 0 Å². The second kappa shape index (κ2) is 7.28. The Morgan fingerprint density at radius 1 is 1.15 bits per heavy atom. The molecular weight excluding hydrogens is 328 g/mol. The van der Waals surface area contributed by atoms with Crippen LogP contribution in [0.2, 0.25) is 0 Å². The van der Waals surface area contributed by atoms with E-state index in [0.717, 1.165) is 32.4 Å². The lowest BCUT2D eigenvalue weighted by molar-refractivity contribution is 0.00622. The molecule has 0 amide bonds. The highest BCUT2D eigenvalue weighted by Crippen LogP contribution is 2.47. The van der Waals surface area contributed by atoms with Gasteiger partial charge in [0, 0.05) is 13.1 Å².